The van der Waals surface area contributed by atoms with Crippen molar-refractivity contribution in [3.05, 3.63) is 28.2 Å². The summed E-state index contributed by atoms with van der Waals surface area (Å²) < 4.78 is 1.13. The molecule has 0 saturated carbocycles. The Bertz CT molecular complexity index is 222. The number of benzene rings is 1. The Balaban J connectivity index is 3.17. The molecular formula is C6H3BiCl2. The molecule has 3 heteroatoms. The Hall–Kier alpha value is 0.683. The first kappa shape index (κ1) is 7.79. The van der Waals surface area contributed by atoms with E-state index < -0.39 is 0 Å². The van der Waals surface area contributed by atoms with Crippen molar-refractivity contribution in [2.45, 2.75) is 0 Å². The molecule has 1 rings (SSSR count). The van der Waals surface area contributed by atoms with Gasteiger partial charge in [0.05, 0.1) is 0 Å². The summed E-state index contributed by atoms with van der Waals surface area (Å²) in [6.45, 7) is 0. The van der Waals surface area contributed by atoms with E-state index >= 15 is 0 Å². The fourth-order valence-corrected chi connectivity index (χ4v) is 1.92. The van der Waals surface area contributed by atoms with Gasteiger partial charge in [-0.3, -0.25) is 0 Å². The average Bonchev–Trinajstić information content (AvgIpc) is 1.80. The van der Waals surface area contributed by atoms with Crippen LogP contribution in [0.2, 0.25) is 10.0 Å². The molecular weight excluding hydrogens is 352 g/mol. The van der Waals surface area contributed by atoms with E-state index in [2.05, 4.69) is 0 Å². The van der Waals surface area contributed by atoms with Gasteiger partial charge in [-0.1, -0.05) is 0 Å². The van der Waals surface area contributed by atoms with Gasteiger partial charge in [-0.25, -0.2) is 0 Å². The molecule has 0 nitrogen and oxygen atoms in total. The summed E-state index contributed by atoms with van der Waals surface area (Å²) in [5, 5.41) is 1.57. The summed E-state index contributed by atoms with van der Waals surface area (Å²) in [5.41, 5.74) is 0. The molecule has 1 aromatic carbocycles. The van der Waals surface area contributed by atoms with Gasteiger partial charge < -0.3 is 0 Å². The molecule has 46 valence electrons. The van der Waals surface area contributed by atoms with Gasteiger partial charge in [0.15, 0.2) is 0 Å². The molecule has 0 spiro atoms. The van der Waals surface area contributed by atoms with E-state index in [0.717, 1.165) is 38.0 Å². The molecule has 0 aromatic heterocycles. The Morgan fingerprint density at radius 3 is 2.33 bits per heavy atom. The van der Waals surface area contributed by atoms with Crippen LogP contribution in [0.3, 0.4) is 0 Å². The minimum atomic E-state index is 0.761. The van der Waals surface area contributed by atoms with Crippen molar-refractivity contribution >= 4 is 51.2 Å². The maximum atomic E-state index is 5.75. The Morgan fingerprint density at radius 2 is 1.89 bits per heavy atom. The van der Waals surface area contributed by atoms with E-state index in [1.54, 1.807) is 6.07 Å². The Morgan fingerprint density at radius 1 is 1.22 bits per heavy atom. The summed E-state index contributed by atoms with van der Waals surface area (Å²) in [5.74, 6) is 0. The minimum absolute atomic E-state index is 0.761. The number of hydrogen-bond acceptors (Lipinski definition) is 0. The van der Waals surface area contributed by atoms with Crippen LogP contribution >= 0.6 is 23.2 Å². The predicted molar refractivity (Wildman–Crippen MR) is 41.9 cm³/mol. The van der Waals surface area contributed by atoms with Crippen molar-refractivity contribution in [3.8, 4) is 0 Å². The van der Waals surface area contributed by atoms with Crippen LogP contribution in [0.25, 0.3) is 0 Å². The van der Waals surface area contributed by atoms with Crippen molar-refractivity contribution in [2.24, 2.45) is 0 Å². The van der Waals surface area contributed by atoms with Crippen LogP contribution in [0.4, 0.5) is 0 Å². The molecule has 0 saturated heterocycles. The van der Waals surface area contributed by atoms with E-state index in [9.17, 15) is 0 Å². The summed E-state index contributed by atoms with van der Waals surface area (Å²) in [7, 11) is 0. The molecule has 0 N–H and O–H groups in total. The van der Waals surface area contributed by atoms with Crippen LogP contribution in [0.15, 0.2) is 18.2 Å². The van der Waals surface area contributed by atoms with Crippen molar-refractivity contribution in [1.29, 1.82) is 0 Å². The fraction of sp³-hybridized carbons (Fsp3) is 0. The standard InChI is InChI=1S/C6H3Cl2.Bi/c7-5-1-2-6(8)4-3-5;/h1-3H;. The summed E-state index contributed by atoms with van der Waals surface area (Å²) in [4.78, 5) is 0. The van der Waals surface area contributed by atoms with Crippen LogP contribution in [0.1, 0.15) is 0 Å². The van der Waals surface area contributed by atoms with Crippen LogP contribution in [-0.4, -0.2) is 24.7 Å². The first-order valence-corrected chi connectivity index (χ1v) is 4.83. The molecule has 1 aromatic rings. The van der Waals surface area contributed by atoms with Crippen molar-refractivity contribution in [1.82, 2.24) is 0 Å². The molecule has 0 atom stereocenters. The van der Waals surface area contributed by atoms with Crippen molar-refractivity contribution < 1.29 is 0 Å². The molecule has 0 unspecified atom stereocenters. The van der Waals surface area contributed by atoms with Gasteiger partial charge in [0.2, 0.25) is 0 Å². The normalized spacial score (nSPS) is 9.67. The number of hydrogen-bond donors (Lipinski definition) is 0. The van der Waals surface area contributed by atoms with E-state index in [1.807, 2.05) is 12.1 Å². The molecule has 0 aliphatic carbocycles. The molecule has 0 aliphatic heterocycles. The first-order valence-electron chi connectivity index (χ1n) is 2.34. The van der Waals surface area contributed by atoms with Gasteiger partial charge in [0.1, 0.15) is 0 Å². The maximum absolute atomic E-state index is 5.75. The molecule has 0 aliphatic rings. The van der Waals surface area contributed by atoms with Crippen molar-refractivity contribution in [3.63, 3.8) is 0 Å². The molecule has 0 amide bonds. The topological polar surface area (TPSA) is 0 Å². The third-order valence-corrected chi connectivity index (χ3v) is 3.45. The zero-order valence-corrected chi connectivity index (χ0v) is 9.42. The van der Waals surface area contributed by atoms with Gasteiger partial charge in [-0.15, -0.1) is 0 Å². The summed E-state index contributed by atoms with van der Waals surface area (Å²) in [6.07, 6.45) is 0. The van der Waals surface area contributed by atoms with E-state index in [1.165, 1.54) is 0 Å². The zero-order valence-electron chi connectivity index (χ0n) is 4.44. The third-order valence-electron chi connectivity index (χ3n) is 0.908. The van der Waals surface area contributed by atoms with Gasteiger partial charge in [0.25, 0.3) is 0 Å². The summed E-state index contributed by atoms with van der Waals surface area (Å²) in [6, 6.07) is 5.50. The SMILES string of the molecule is Clc1ccc(Cl)[c]([Bi])c1. The summed E-state index contributed by atoms with van der Waals surface area (Å²) >= 11 is 12.6. The number of halogens is 2. The number of rotatable bonds is 0. The van der Waals surface area contributed by atoms with Crippen LogP contribution < -0.4 is 3.27 Å². The fourth-order valence-electron chi connectivity index (χ4n) is 0.486. The van der Waals surface area contributed by atoms with E-state index in [-0.39, 0.29) is 0 Å². The zero-order chi connectivity index (χ0) is 6.85. The Kier molecular flexibility index (Phi) is 2.76. The predicted octanol–water partition coefficient (Wildman–Crippen LogP) is 1.79. The molecule has 9 heavy (non-hydrogen) atoms. The van der Waals surface area contributed by atoms with Crippen LogP contribution in [0.5, 0.6) is 0 Å². The Labute approximate surface area is 79.0 Å². The third kappa shape index (κ3) is 2.07. The van der Waals surface area contributed by atoms with Crippen molar-refractivity contribution in [2.75, 3.05) is 0 Å². The molecule has 0 fully saturated rings. The second-order valence-corrected chi connectivity index (χ2v) is 4.31. The van der Waals surface area contributed by atoms with E-state index in [4.69, 9.17) is 23.2 Å². The van der Waals surface area contributed by atoms with Gasteiger partial charge in [-0.05, 0) is 0 Å². The van der Waals surface area contributed by atoms with Crippen LogP contribution in [0, 0.1) is 0 Å². The van der Waals surface area contributed by atoms with Gasteiger partial charge in [-0.2, -0.15) is 0 Å². The second kappa shape index (κ2) is 3.19. The first-order chi connectivity index (χ1) is 4.20. The van der Waals surface area contributed by atoms with Gasteiger partial charge >= 0.3 is 79.4 Å². The van der Waals surface area contributed by atoms with Gasteiger partial charge in [0, 0.05) is 0 Å². The molecule has 0 heterocycles. The quantitative estimate of drug-likeness (QED) is 0.623. The second-order valence-electron chi connectivity index (χ2n) is 1.60. The van der Waals surface area contributed by atoms with Crippen LogP contribution in [-0.2, 0) is 0 Å². The van der Waals surface area contributed by atoms with E-state index in [0.29, 0.717) is 0 Å². The monoisotopic (exact) mass is 354 g/mol. The molecule has 2 radical (unpaired) electrons. The average molecular weight is 355 g/mol. The molecule has 0 bridgehead atoms.